The van der Waals surface area contributed by atoms with E-state index in [1.54, 1.807) is 0 Å². The molecule has 1 aliphatic rings. The predicted molar refractivity (Wildman–Crippen MR) is 140 cm³/mol. The number of nitrogens with zero attached hydrogens (tertiary/aromatic N) is 1. The molecular weight excluding hydrogens is 479 g/mol. The molecule has 0 bridgehead atoms. The molecule has 1 fully saturated rings. The fourth-order valence-corrected chi connectivity index (χ4v) is 4.27. The van der Waals surface area contributed by atoms with Gasteiger partial charge in [-0.3, -0.25) is 4.90 Å². The Hall–Kier alpha value is -3.58. The zero-order valence-corrected chi connectivity index (χ0v) is 21.0. The highest BCUT2D eigenvalue weighted by atomic mass is 19.4. The minimum atomic E-state index is -5.08. The van der Waals surface area contributed by atoms with E-state index in [9.17, 15) is 13.2 Å². The molecule has 7 heteroatoms. The summed E-state index contributed by atoms with van der Waals surface area (Å²) in [5.74, 6) is -1.79. The molecule has 0 aromatic heterocycles. The molecule has 1 N–H and O–H groups in total. The van der Waals surface area contributed by atoms with Crippen LogP contribution in [0.1, 0.15) is 43.4 Å². The maximum Gasteiger partial charge on any atom is 0.490 e. The molecular formula is C30H32F3NO3. The molecule has 3 aromatic carbocycles. The molecule has 4 nitrogen and oxygen atoms in total. The van der Waals surface area contributed by atoms with E-state index in [0.29, 0.717) is 6.10 Å². The smallest absolute Gasteiger partial charge is 0.488 e. The molecule has 37 heavy (non-hydrogen) atoms. The molecule has 0 unspecified atom stereocenters. The number of allylic oxidation sites excluding steroid dienone is 1. The van der Waals surface area contributed by atoms with Gasteiger partial charge in [0.2, 0.25) is 0 Å². The number of ether oxygens (including phenoxy) is 1. The van der Waals surface area contributed by atoms with E-state index in [2.05, 4.69) is 104 Å². The second-order valence-corrected chi connectivity index (χ2v) is 8.77. The molecule has 1 heterocycles. The van der Waals surface area contributed by atoms with Gasteiger partial charge < -0.3 is 9.84 Å². The third-order valence-corrected chi connectivity index (χ3v) is 5.99. The van der Waals surface area contributed by atoms with Crippen LogP contribution in [0.4, 0.5) is 13.2 Å². The Morgan fingerprint density at radius 2 is 1.35 bits per heavy atom. The van der Waals surface area contributed by atoms with Crippen LogP contribution in [0.5, 0.6) is 5.75 Å². The summed E-state index contributed by atoms with van der Waals surface area (Å²) in [6.45, 7) is 7.72. The predicted octanol–water partition coefficient (Wildman–Crippen LogP) is 7.16. The number of carbonyl (C=O) groups is 1. The summed E-state index contributed by atoms with van der Waals surface area (Å²) in [6.07, 6.45) is -2.58. The van der Waals surface area contributed by atoms with Crippen LogP contribution in [0, 0.1) is 0 Å². The second kappa shape index (κ2) is 13.1. The largest absolute Gasteiger partial charge is 0.490 e. The molecule has 4 rings (SSSR count). The van der Waals surface area contributed by atoms with Gasteiger partial charge in [0, 0.05) is 13.1 Å². The molecule has 3 aromatic rings. The minimum absolute atomic E-state index is 0.321. The standard InChI is InChI=1S/C28H31NO.C2HF3O2/c1-3-19-29-20-26(21-29)30-25-17-15-24(16-18-25)28(23-13-9-6-10-14-23)27(4-2)22-11-7-5-8-12-22;3-2(4,5)1(6)7/h5-18,26H,3-4,19-21H2,1-2H3;(H,6,7). The lowest BCUT2D eigenvalue weighted by molar-refractivity contribution is -0.192. The number of carboxylic acid groups (broad SMARTS) is 1. The second-order valence-electron chi connectivity index (χ2n) is 8.77. The Labute approximate surface area is 216 Å². The number of aliphatic carboxylic acids is 1. The van der Waals surface area contributed by atoms with Gasteiger partial charge in [0.1, 0.15) is 11.9 Å². The van der Waals surface area contributed by atoms with Gasteiger partial charge in [0.05, 0.1) is 0 Å². The normalized spacial score (nSPS) is 14.6. The summed E-state index contributed by atoms with van der Waals surface area (Å²) in [4.78, 5) is 11.3. The zero-order chi connectivity index (χ0) is 26.8. The van der Waals surface area contributed by atoms with Gasteiger partial charge in [0.25, 0.3) is 0 Å². The Kier molecular flexibility index (Phi) is 9.92. The first-order chi connectivity index (χ1) is 17.7. The molecule has 0 aliphatic carbocycles. The van der Waals surface area contributed by atoms with Crippen molar-refractivity contribution in [3.8, 4) is 5.75 Å². The van der Waals surface area contributed by atoms with Gasteiger partial charge in [-0.25, -0.2) is 4.79 Å². The Morgan fingerprint density at radius 1 is 0.865 bits per heavy atom. The van der Waals surface area contributed by atoms with E-state index < -0.39 is 12.1 Å². The maximum absolute atomic E-state index is 10.6. The van der Waals surface area contributed by atoms with Crippen molar-refractivity contribution in [1.82, 2.24) is 4.90 Å². The molecule has 1 saturated heterocycles. The lowest BCUT2D eigenvalue weighted by Gasteiger charge is -2.38. The van der Waals surface area contributed by atoms with E-state index in [1.165, 1.54) is 40.8 Å². The highest BCUT2D eigenvalue weighted by Gasteiger charge is 2.38. The highest BCUT2D eigenvalue weighted by molar-refractivity contribution is 5.98. The first-order valence-corrected chi connectivity index (χ1v) is 12.4. The minimum Gasteiger partial charge on any atom is -0.488 e. The number of carboxylic acids is 1. The van der Waals surface area contributed by atoms with Crippen molar-refractivity contribution in [2.45, 2.75) is 39.0 Å². The third kappa shape index (κ3) is 7.95. The molecule has 1 aliphatic heterocycles. The number of hydrogen-bond donors (Lipinski definition) is 1. The number of halogens is 3. The quantitative estimate of drug-likeness (QED) is 0.326. The van der Waals surface area contributed by atoms with Crippen molar-refractivity contribution in [3.63, 3.8) is 0 Å². The highest BCUT2D eigenvalue weighted by Crippen LogP contribution is 2.35. The van der Waals surface area contributed by atoms with Gasteiger partial charge in [-0.2, -0.15) is 13.2 Å². The third-order valence-electron chi connectivity index (χ3n) is 5.99. The molecule has 0 radical (unpaired) electrons. The van der Waals surface area contributed by atoms with Crippen molar-refractivity contribution < 1.29 is 27.8 Å². The number of rotatable bonds is 8. The van der Waals surface area contributed by atoms with Crippen molar-refractivity contribution in [2.24, 2.45) is 0 Å². The number of alkyl halides is 3. The first-order valence-electron chi connectivity index (χ1n) is 12.4. The van der Waals surface area contributed by atoms with Crippen LogP contribution in [-0.2, 0) is 4.79 Å². The Bertz CT molecular complexity index is 1150. The lowest BCUT2D eigenvalue weighted by atomic mass is 9.88. The van der Waals surface area contributed by atoms with Crippen molar-refractivity contribution in [1.29, 1.82) is 0 Å². The van der Waals surface area contributed by atoms with E-state index >= 15 is 0 Å². The molecule has 0 spiro atoms. The summed E-state index contributed by atoms with van der Waals surface area (Å²) in [5, 5.41) is 7.12. The van der Waals surface area contributed by atoms with Crippen LogP contribution >= 0.6 is 0 Å². The number of benzene rings is 3. The topological polar surface area (TPSA) is 49.8 Å². The van der Waals surface area contributed by atoms with E-state index in [0.717, 1.165) is 25.3 Å². The molecule has 0 atom stereocenters. The Morgan fingerprint density at radius 3 is 1.81 bits per heavy atom. The van der Waals surface area contributed by atoms with Gasteiger partial charge in [-0.05, 0) is 59.4 Å². The fourth-order valence-electron chi connectivity index (χ4n) is 4.27. The van der Waals surface area contributed by atoms with E-state index in [4.69, 9.17) is 14.6 Å². The van der Waals surface area contributed by atoms with Crippen molar-refractivity contribution in [3.05, 3.63) is 102 Å². The van der Waals surface area contributed by atoms with Gasteiger partial charge in [0.15, 0.2) is 0 Å². The number of hydrogen-bond acceptors (Lipinski definition) is 3. The van der Waals surface area contributed by atoms with Crippen molar-refractivity contribution >= 4 is 17.1 Å². The maximum atomic E-state index is 10.6. The van der Waals surface area contributed by atoms with E-state index in [1.807, 2.05) is 0 Å². The van der Waals surface area contributed by atoms with Crippen LogP contribution in [0.3, 0.4) is 0 Å². The summed E-state index contributed by atoms with van der Waals surface area (Å²) in [7, 11) is 0. The van der Waals surface area contributed by atoms with Gasteiger partial charge >= 0.3 is 12.1 Å². The average molecular weight is 512 g/mol. The van der Waals surface area contributed by atoms with Crippen LogP contribution < -0.4 is 4.74 Å². The van der Waals surface area contributed by atoms with Crippen molar-refractivity contribution in [2.75, 3.05) is 19.6 Å². The fraction of sp³-hybridized carbons (Fsp3) is 0.300. The zero-order valence-electron chi connectivity index (χ0n) is 21.0. The number of likely N-dealkylation sites (tertiary alicyclic amines) is 1. The molecule has 0 amide bonds. The summed E-state index contributed by atoms with van der Waals surface area (Å²) >= 11 is 0. The molecule has 196 valence electrons. The Balaban J connectivity index is 0.000000479. The monoisotopic (exact) mass is 511 g/mol. The lowest BCUT2D eigenvalue weighted by Crippen LogP contribution is -2.53. The van der Waals surface area contributed by atoms with Crippen LogP contribution in [0.25, 0.3) is 11.1 Å². The van der Waals surface area contributed by atoms with Crippen LogP contribution in [0.15, 0.2) is 84.9 Å². The SMILES string of the molecule is CCCN1CC(Oc2ccc(C(=C(CC)c3ccccc3)c3ccccc3)cc2)C1.O=C(O)C(F)(F)F. The summed E-state index contributed by atoms with van der Waals surface area (Å²) in [6, 6.07) is 30.1. The molecule has 0 saturated carbocycles. The average Bonchev–Trinajstić information content (AvgIpc) is 2.87. The van der Waals surface area contributed by atoms with Gasteiger partial charge in [-0.1, -0.05) is 86.6 Å². The van der Waals surface area contributed by atoms with Crippen LogP contribution in [-0.4, -0.2) is 47.9 Å². The summed E-state index contributed by atoms with van der Waals surface area (Å²) < 4.78 is 37.9. The van der Waals surface area contributed by atoms with E-state index in [-0.39, 0.29) is 0 Å². The first kappa shape index (κ1) is 28.0. The van der Waals surface area contributed by atoms with Gasteiger partial charge in [-0.15, -0.1) is 0 Å². The summed E-state index contributed by atoms with van der Waals surface area (Å²) in [5.41, 5.74) is 6.43. The van der Waals surface area contributed by atoms with Crippen LogP contribution in [0.2, 0.25) is 0 Å².